The van der Waals surface area contributed by atoms with Crippen LogP contribution >= 0.6 is 0 Å². The molecule has 3 aromatic carbocycles. The molecule has 4 aromatic rings. The minimum absolute atomic E-state index is 0.973. The lowest BCUT2D eigenvalue weighted by Crippen LogP contribution is -2.32. The number of aromatic nitrogens is 1. The Morgan fingerprint density at radius 1 is 0.939 bits per heavy atom. The number of para-hydroxylation sites is 1. The van der Waals surface area contributed by atoms with Crippen LogP contribution in [-0.2, 0) is 18.3 Å². The minimum atomic E-state index is 0.973. The second-order valence-electron chi connectivity index (χ2n) is 8.35. The molecule has 0 bridgehead atoms. The number of benzene rings is 3. The second-order valence-corrected chi connectivity index (χ2v) is 9.48. The third kappa shape index (κ3) is 4.09. The lowest BCUT2D eigenvalue weighted by Gasteiger charge is -2.13. The first-order valence-electron chi connectivity index (χ1n) is 11.7. The van der Waals surface area contributed by atoms with Crippen molar-refractivity contribution in [1.29, 1.82) is 0 Å². The normalized spacial score (nSPS) is 15.3. The van der Waals surface area contributed by atoms with Crippen LogP contribution in [0.1, 0.15) is 26.3 Å². The van der Waals surface area contributed by atoms with Crippen LogP contribution in [0, 0.1) is 0 Å². The van der Waals surface area contributed by atoms with Gasteiger partial charge in [-0.1, -0.05) is 60.2 Å². The summed E-state index contributed by atoms with van der Waals surface area (Å²) >= 11 is 1.28. The standard InChI is InChI=1S/C30H29N2S/c1-4-31-21-20-24(25-11-8-9-13-27(25)31)16-14-22(3)15-19-29-32(5-2)28-18-17-23-10-6-7-12-26(23)30(28)33-29/h6-21H,4-5H2,1-3H3/q+1/p+1. The van der Waals surface area contributed by atoms with Crippen LogP contribution in [0.25, 0.3) is 27.8 Å². The molecule has 2 nitrogen and oxygen atoms in total. The first-order valence-corrected chi connectivity index (χ1v) is 12.6. The first kappa shape index (κ1) is 21.5. The zero-order chi connectivity index (χ0) is 22.8. The van der Waals surface area contributed by atoms with E-state index in [1.807, 2.05) is 0 Å². The summed E-state index contributed by atoms with van der Waals surface area (Å²) in [6.45, 7) is 8.54. The molecule has 1 aliphatic rings. The number of nitrogens with zero attached hydrogens (tertiary/aromatic N) is 2. The number of hydrogen-bond acceptors (Lipinski definition) is 1. The van der Waals surface area contributed by atoms with E-state index in [-0.39, 0.29) is 0 Å². The van der Waals surface area contributed by atoms with Crippen LogP contribution in [0.5, 0.6) is 0 Å². The average Bonchev–Trinajstić information content (AvgIpc) is 3.24. The number of anilines is 1. The molecule has 33 heavy (non-hydrogen) atoms. The molecule has 0 N–H and O–H groups in total. The van der Waals surface area contributed by atoms with Crippen LogP contribution in [-0.4, -0.2) is 6.54 Å². The predicted molar refractivity (Wildman–Crippen MR) is 145 cm³/mol. The Balaban J connectivity index is 1.43. The Hall–Kier alpha value is -3.30. The van der Waals surface area contributed by atoms with E-state index in [0.29, 0.717) is 0 Å². The lowest BCUT2D eigenvalue weighted by atomic mass is 10.1. The highest BCUT2D eigenvalue weighted by molar-refractivity contribution is 7.83. The van der Waals surface area contributed by atoms with E-state index >= 15 is 0 Å². The molecule has 1 aliphatic heterocycles. The van der Waals surface area contributed by atoms with Gasteiger partial charge in [0, 0.05) is 30.1 Å². The molecule has 2 heterocycles. The molecule has 0 fully saturated rings. The van der Waals surface area contributed by atoms with Crippen LogP contribution in [0.15, 0.2) is 107 Å². The molecular weight excluding hydrogens is 420 g/mol. The number of rotatable bonds is 5. The van der Waals surface area contributed by atoms with Crippen LogP contribution in [0.4, 0.5) is 5.69 Å². The van der Waals surface area contributed by atoms with Crippen molar-refractivity contribution in [1.82, 2.24) is 0 Å². The van der Waals surface area contributed by atoms with Crippen molar-refractivity contribution in [3.63, 3.8) is 0 Å². The Morgan fingerprint density at radius 2 is 1.73 bits per heavy atom. The monoisotopic (exact) mass is 450 g/mol. The summed E-state index contributed by atoms with van der Waals surface area (Å²) < 4.78 is 2.29. The van der Waals surface area contributed by atoms with Gasteiger partial charge in [-0.15, -0.1) is 0 Å². The molecule has 0 saturated heterocycles. The summed E-state index contributed by atoms with van der Waals surface area (Å²) in [6.07, 6.45) is 11.2. The highest BCUT2D eigenvalue weighted by Gasteiger charge is 2.33. The first-order chi connectivity index (χ1) is 16.2. The highest BCUT2D eigenvalue weighted by Crippen LogP contribution is 2.40. The van der Waals surface area contributed by atoms with Gasteiger partial charge >= 0.3 is 0 Å². The summed E-state index contributed by atoms with van der Waals surface area (Å²) in [5.74, 6) is 0. The average molecular weight is 451 g/mol. The zero-order valence-corrected chi connectivity index (χ0v) is 20.4. The van der Waals surface area contributed by atoms with E-state index in [4.69, 9.17) is 0 Å². The smallest absolute Gasteiger partial charge is 0.231 e. The Bertz CT molecular complexity index is 1430. The number of allylic oxidation sites excluding steroid dienone is 4. The highest BCUT2D eigenvalue weighted by atomic mass is 32.2. The molecule has 3 heteroatoms. The molecule has 164 valence electrons. The van der Waals surface area contributed by atoms with Crippen molar-refractivity contribution in [2.75, 3.05) is 11.4 Å². The maximum atomic E-state index is 2.44. The fraction of sp³-hybridized carbons (Fsp3) is 0.167. The molecule has 0 radical (unpaired) electrons. The lowest BCUT2D eigenvalue weighted by molar-refractivity contribution is -0.667. The topological polar surface area (TPSA) is 7.12 Å². The van der Waals surface area contributed by atoms with Gasteiger partial charge in [0.2, 0.25) is 10.5 Å². The number of fused-ring (bicyclic) bond motifs is 4. The molecule has 0 saturated carbocycles. The summed E-state index contributed by atoms with van der Waals surface area (Å²) in [4.78, 5) is 3.85. The number of hydrogen-bond donors (Lipinski definition) is 0. The Morgan fingerprint density at radius 3 is 2.55 bits per heavy atom. The van der Waals surface area contributed by atoms with Gasteiger partial charge in [0.25, 0.3) is 0 Å². The van der Waals surface area contributed by atoms with E-state index < -0.39 is 0 Å². The van der Waals surface area contributed by atoms with Gasteiger partial charge in [0.1, 0.15) is 12.2 Å². The summed E-state index contributed by atoms with van der Waals surface area (Å²) in [7, 11) is 0. The molecule has 0 amide bonds. The number of thiol groups is 1. The van der Waals surface area contributed by atoms with Crippen molar-refractivity contribution in [3.05, 3.63) is 107 Å². The van der Waals surface area contributed by atoms with Crippen molar-refractivity contribution in [2.24, 2.45) is 0 Å². The predicted octanol–water partition coefficient (Wildman–Crippen LogP) is 6.82. The molecule has 1 aromatic heterocycles. The van der Waals surface area contributed by atoms with Crippen molar-refractivity contribution in [3.8, 4) is 0 Å². The summed E-state index contributed by atoms with van der Waals surface area (Å²) in [5, 5.41) is 5.30. The van der Waals surface area contributed by atoms with E-state index in [2.05, 4.69) is 127 Å². The Kier molecular flexibility index (Phi) is 6.06. The van der Waals surface area contributed by atoms with Gasteiger partial charge in [0.05, 0.1) is 17.1 Å². The third-order valence-electron chi connectivity index (χ3n) is 6.31. The molecular formula is C30H30N2S+2. The maximum absolute atomic E-state index is 2.44. The van der Waals surface area contributed by atoms with Crippen LogP contribution < -0.4 is 9.47 Å². The third-order valence-corrected chi connectivity index (χ3v) is 7.62. The zero-order valence-electron chi connectivity index (χ0n) is 19.5. The van der Waals surface area contributed by atoms with Crippen molar-refractivity contribution >= 4 is 45.2 Å². The van der Waals surface area contributed by atoms with Crippen molar-refractivity contribution < 1.29 is 4.57 Å². The van der Waals surface area contributed by atoms with E-state index in [0.717, 1.165) is 13.1 Å². The fourth-order valence-corrected chi connectivity index (χ4v) is 5.93. The van der Waals surface area contributed by atoms with Gasteiger partial charge < -0.3 is 0 Å². The van der Waals surface area contributed by atoms with Gasteiger partial charge in [-0.25, -0.2) is 0 Å². The summed E-state index contributed by atoms with van der Waals surface area (Å²) in [5.41, 5.74) is 5.11. The minimum Gasteiger partial charge on any atom is -0.298 e. The second kappa shape index (κ2) is 9.29. The van der Waals surface area contributed by atoms with Gasteiger partial charge in [-0.2, -0.15) is 4.57 Å². The SMILES string of the molecule is CCN1/C(=C/C=C(C)/C=C/c2cc[n+](CC)c3ccccc23)[SH+]c2c1ccc1ccccc21. The van der Waals surface area contributed by atoms with Gasteiger partial charge in [-0.05, 0) is 49.9 Å². The molecule has 5 rings (SSSR count). The molecule has 0 atom stereocenters. The largest absolute Gasteiger partial charge is 0.298 e. The van der Waals surface area contributed by atoms with Crippen LogP contribution in [0.2, 0.25) is 0 Å². The molecule has 0 spiro atoms. The molecule has 0 aliphatic carbocycles. The fourth-order valence-electron chi connectivity index (χ4n) is 4.55. The van der Waals surface area contributed by atoms with Crippen molar-refractivity contribution in [2.45, 2.75) is 32.2 Å². The van der Waals surface area contributed by atoms with E-state index in [1.54, 1.807) is 0 Å². The quantitative estimate of drug-likeness (QED) is 0.140. The Labute approximate surface area is 200 Å². The number of pyridine rings is 1. The maximum Gasteiger partial charge on any atom is 0.231 e. The molecule has 0 unspecified atom stereocenters. The van der Waals surface area contributed by atoms with E-state index in [9.17, 15) is 0 Å². The number of aryl methyl sites for hydroxylation is 1. The van der Waals surface area contributed by atoms with E-state index in [1.165, 1.54) is 60.2 Å². The van der Waals surface area contributed by atoms with Crippen LogP contribution in [0.3, 0.4) is 0 Å². The summed E-state index contributed by atoms with van der Waals surface area (Å²) in [6, 6.07) is 24.1. The van der Waals surface area contributed by atoms with Gasteiger partial charge in [-0.3, -0.25) is 4.90 Å². The van der Waals surface area contributed by atoms with Gasteiger partial charge in [0.15, 0.2) is 11.1 Å².